The van der Waals surface area contributed by atoms with Crippen LogP contribution in [0.1, 0.15) is 36.7 Å². The first-order chi connectivity index (χ1) is 17.8. The topological polar surface area (TPSA) is 98.9 Å². The van der Waals surface area contributed by atoms with Crippen LogP contribution in [0.3, 0.4) is 0 Å². The normalized spacial score (nSPS) is 11.5. The summed E-state index contributed by atoms with van der Waals surface area (Å²) in [5.41, 5.74) is -1.12. The Labute approximate surface area is 219 Å². The molecule has 0 atom stereocenters. The van der Waals surface area contributed by atoms with E-state index in [9.17, 15) is 22.8 Å². The molecular formula is C26H22ClF4N5O2. The number of carbonyl (C=O) groups is 2. The zero-order chi connectivity index (χ0) is 27.8. The van der Waals surface area contributed by atoms with E-state index in [4.69, 9.17) is 11.6 Å². The van der Waals surface area contributed by atoms with E-state index in [-0.39, 0.29) is 51.3 Å². The minimum absolute atomic E-state index is 0.0357. The number of nitrogens with zero attached hydrogens (tertiary/aromatic N) is 1. The zero-order valence-electron chi connectivity index (χ0n) is 20.4. The Morgan fingerprint density at radius 1 is 0.974 bits per heavy atom. The molecule has 7 nitrogen and oxygen atoms in total. The number of halogens is 5. The molecule has 0 bridgehead atoms. The highest BCUT2D eigenvalue weighted by atomic mass is 35.5. The molecule has 1 aromatic heterocycles. The molecule has 4 N–H and O–H groups in total. The minimum Gasteiger partial charge on any atom is -0.351 e. The maximum absolute atomic E-state index is 15.1. The Balaban J connectivity index is 1.57. The zero-order valence-corrected chi connectivity index (χ0v) is 21.2. The maximum atomic E-state index is 15.1. The predicted molar refractivity (Wildman–Crippen MR) is 136 cm³/mol. The van der Waals surface area contributed by atoms with Gasteiger partial charge >= 0.3 is 0 Å². The van der Waals surface area contributed by atoms with Gasteiger partial charge in [0.05, 0.1) is 21.6 Å². The number of imidazole rings is 1. The number of rotatable bonds is 6. The molecule has 0 unspecified atom stereocenters. The van der Waals surface area contributed by atoms with Crippen LogP contribution < -0.4 is 16.0 Å². The minimum atomic E-state index is -0.941. The first-order valence-electron chi connectivity index (χ1n) is 11.3. The van der Waals surface area contributed by atoms with Crippen molar-refractivity contribution in [2.75, 3.05) is 10.6 Å². The number of hydrogen-bond acceptors (Lipinski definition) is 4. The second-order valence-corrected chi connectivity index (χ2v) is 9.88. The Kier molecular flexibility index (Phi) is 7.32. The third kappa shape index (κ3) is 5.72. The van der Waals surface area contributed by atoms with Crippen molar-refractivity contribution in [3.8, 4) is 0 Å². The molecule has 0 aliphatic rings. The first kappa shape index (κ1) is 26.9. The van der Waals surface area contributed by atoms with E-state index in [1.54, 1.807) is 20.8 Å². The van der Waals surface area contributed by atoms with Crippen molar-refractivity contribution in [3.63, 3.8) is 0 Å². The lowest BCUT2D eigenvalue weighted by atomic mass is 9.95. The number of fused-ring (bicyclic) bond motifs is 1. The summed E-state index contributed by atoms with van der Waals surface area (Å²) in [6, 6.07) is 7.89. The average molecular weight is 548 g/mol. The van der Waals surface area contributed by atoms with Gasteiger partial charge in [-0.25, -0.2) is 22.5 Å². The SMILES string of the molecule is CC(C)(C)C(=O)NCc1ccc(F)c(Nc2nc3cc(C(=O)Nc4ccc(F)c(Cl)c4)c(F)cc3[nH]2)c1F. The van der Waals surface area contributed by atoms with Crippen LogP contribution in [0.5, 0.6) is 0 Å². The van der Waals surface area contributed by atoms with Gasteiger partial charge in [0, 0.05) is 29.3 Å². The molecule has 3 aromatic carbocycles. The summed E-state index contributed by atoms with van der Waals surface area (Å²) in [5.74, 6) is -4.70. The van der Waals surface area contributed by atoms with Crippen LogP contribution >= 0.6 is 11.6 Å². The molecule has 4 rings (SSSR count). The summed E-state index contributed by atoms with van der Waals surface area (Å²) in [6.45, 7) is 4.94. The van der Waals surface area contributed by atoms with E-state index >= 15 is 4.39 Å². The number of anilines is 3. The van der Waals surface area contributed by atoms with Gasteiger partial charge in [0.25, 0.3) is 5.91 Å². The monoisotopic (exact) mass is 547 g/mol. The second kappa shape index (κ2) is 10.3. The lowest BCUT2D eigenvalue weighted by Gasteiger charge is -2.18. The third-order valence-corrected chi connectivity index (χ3v) is 5.82. The lowest BCUT2D eigenvalue weighted by Crippen LogP contribution is -2.34. The van der Waals surface area contributed by atoms with Crippen LogP contribution in [0.15, 0.2) is 42.5 Å². The smallest absolute Gasteiger partial charge is 0.258 e. The number of hydrogen-bond donors (Lipinski definition) is 4. The van der Waals surface area contributed by atoms with Crippen LogP contribution in [0.25, 0.3) is 11.0 Å². The van der Waals surface area contributed by atoms with Crippen LogP contribution in [0, 0.1) is 28.7 Å². The van der Waals surface area contributed by atoms with Crippen molar-refractivity contribution in [2.24, 2.45) is 5.41 Å². The largest absolute Gasteiger partial charge is 0.351 e. The van der Waals surface area contributed by atoms with Crippen molar-refractivity contribution in [3.05, 3.63) is 81.9 Å². The van der Waals surface area contributed by atoms with Gasteiger partial charge in [0.2, 0.25) is 11.9 Å². The van der Waals surface area contributed by atoms with E-state index < -0.39 is 40.3 Å². The number of amides is 2. The highest BCUT2D eigenvalue weighted by Crippen LogP contribution is 2.28. The van der Waals surface area contributed by atoms with Gasteiger partial charge in [-0.1, -0.05) is 38.4 Å². The molecule has 0 spiro atoms. The molecule has 0 saturated carbocycles. The van der Waals surface area contributed by atoms with E-state index in [0.717, 1.165) is 24.3 Å². The fourth-order valence-electron chi connectivity index (χ4n) is 3.44. The molecule has 1 heterocycles. The number of benzene rings is 3. The van der Waals surface area contributed by atoms with E-state index in [0.29, 0.717) is 0 Å². The average Bonchev–Trinajstić information content (AvgIpc) is 3.23. The summed E-state index contributed by atoms with van der Waals surface area (Å²) in [4.78, 5) is 31.6. The van der Waals surface area contributed by atoms with Gasteiger partial charge in [0.1, 0.15) is 23.1 Å². The Bertz CT molecular complexity index is 1570. The van der Waals surface area contributed by atoms with Crippen molar-refractivity contribution < 1.29 is 27.2 Å². The van der Waals surface area contributed by atoms with Crippen LogP contribution in [0.2, 0.25) is 5.02 Å². The molecule has 0 radical (unpaired) electrons. The fourth-order valence-corrected chi connectivity index (χ4v) is 3.62. The lowest BCUT2D eigenvalue weighted by molar-refractivity contribution is -0.128. The molecule has 4 aromatic rings. The van der Waals surface area contributed by atoms with Gasteiger partial charge in [-0.15, -0.1) is 0 Å². The van der Waals surface area contributed by atoms with Gasteiger partial charge < -0.3 is 20.9 Å². The standard InChI is InChI=1S/C26H22ClF4N5O2/c1-26(2,3)24(38)32-11-12-4-6-17(29)22(21(12)31)36-25-34-19-9-14(18(30)10-20(19)35-25)23(37)33-13-5-7-16(28)15(27)8-13/h4-10H,11H2,1-3H3,(H,32,38)(H,33,37)(H2,34,35,36). The quantitative estimate of drug-likeness (QED) is 0.209. The van der Waals surface area contributed by atoms with E-state index in [1.165, 1.54) is 18.2 Å². The number of aromatic amines is 1. The Morgan fingerprint density at radius 2 is 1.68 bits per heavy atom. The van der Waals surface area contributed by atoms with Crippen LogP contribution in [0.4, 0.5) is 34.9 Å². The highest BCUT2D eigenvalue weighted by molar-refractivity contribution is 6.31. The van der Waals surface area contributed by atoms with Gasteiger partial charge in [0.15, 0.2) is 5.82 Å². The van der Waals surface area contributed by atoms with E-state index in [2.05, 4.69) is 25.9 Å². The highest BCUT2D eigenvalue weighted by Gasteiger charge is 2.22. The Morgan fingerprint density at radius 3 is 2.37 bits per heavy atom. The number of aromatic nitrogens is 2. The van der Waals surface area contributed by atoms with Gasteiger partial charge in [-0.2, -0.15) is 0 Å². The van der Waals surface area contributed by atoms with Crippen LogP contribution in [-0.4, -0.2) is 21.8 Å². The summed E-state index contributed by atoms with van der Waals surface area (Å²) in [5, 5.41) is 7.30. The summed E-state index contributed by atoms with van der Waals surface area (Å²) in [6.07, 6.45) is 0. The number of nitrogens with one attached hydrogen (secondary N) is 4. The van der Waals surface area contributed by atoms with Crippen molar-refractivity contribution >= 4 is 51.8 Å². The van der Waals surface area contributed by atoms with Crippen LogP contribution in [-0.2, 0) is 11.3 Å². The predicted octanol–water partition coefficient (Wildman–Crippen LogP) is 6.43. The van der Waals surface area contributed by atoms with E-state index in [1.807, 2.05) is 0 Å². The molecule has 0 aliphatic carbocycles. The Hall–Kier alpha value is -4.12. The molecule has 0 aliphatic heterocycles. The van der Waals surface area contributed by atoms with Gasteiger partial charge in [-0.05, 0) is 30.3 Å². The maximum Gasteiger partial charge on any atom is 0.258 e. The molecule has 38 heavy (non-hydrogen) atoms. The summed E-state index contributed by atoms with van der Waals surface area (Å²) >= 11 is 5.71. The number of H-pyrrole nitrogens is 1. The molecule has 0 fully saturated rings. The fraction of sp³-hybridized carbons (Fsp3) is 0.192. The third-order valence-electron chi connectivity index (χ3n) is 5.53. The second-order valence-electron chi connectivity index (χ2n) is 9.47. The first-order valence-corrected chi connectivity index (χ1v) is 11.7. The molecule has 0 saturated heterocycles. The van der Waals surface area contributed by atoms with Gasteiger partial charge in [-0.3, -0.25) is 9.59 Å². The molecule has 2 amide bonds. The summed E-state index contributed by atoms with van der Waals surface area (Å²) < 4.78 is 57.6. The number of carbonyl (C=O) groups excluding carboxylic acids is 2. The molecule has 198 valence electrons. The van der Waals surface area contributed by atoms with Crippen molar-refractivity contribution in [1.82, 2.24) is 15.3 Å². The van der Waals surface area contributed by atoms with Crippen molar-refractivity contribution in [1.29, 1.82) is 0 Å². The molecular weight excluding hydrogens is 526 g/mol. The van der Waals surface area contributed by atoms with Crippen molar-refractivity contribution in [2.45, 2.75) is 27.3 Å². The molecule has 12 heteroatoms. The summed E-state index contributed by atoms with van der Waals surface area (Å²) in [7, 11) is 0.